The van der Waals surface area contributed by atoms with Crippen molar-refractivity contribution in [3.63, 3.8) is 0 Å². The normalized spacial score (nSPS) is 10.1. The summed E-state index contributed by atoms with van der Waals surface area (Å²) >= 11 is 0. The number of benzene rings is 1. The summed E-state index contributed by atoms with van der Waals surface area (Å²) in [6, 6.07) is 10.9. The first-order chi connectivity index (χ1) is 8.65. The van der Waals surface area contributed by atoms with Gasteiger partial charge in [-0.05, 0) is 25.1 Å². The summed E-state index contributed by atoms with van der Waals surface area (Å²) in [4.78, 5) is 14.5. The fourth-order valence-corrected chi connectivity index (χ4v) is 1.44. The van der Waals surface area contributed by atoms with E-state index in [0.717, 1.165) is 11.3 Å². The summed E-state index contributed by atoms with van der Waals surface area (Å²) in [5.74, 6) is -0.246. The van der Waals surface area contributed by atoms with Gasteiger partial charge in [0.1, 0.15) is 18.1 Å². The minimum Gasteiger partial charge on any atom is -0.489 e. The highest BCUT2D eigenvalue weighted by Gasteiger charge is 2.03. The Morgan fingerprint density at radius 3 is 2.50 bits per heavy atom. The molecule has 92 valence electrons. The lowest BCUT2D eigenvalue weighted by Gasteiger charge is -2.06. The summed E-state index contributed by atoms with van der Waals surface area (Å²) in [5.41, 5.74) is 2.05. The molecule has 18 heavy (non-hydrogen) atoms. The zero-order valence-electron chi connectivity index (χ0n) is 9.96. The molecule has 0 saturated carbocycles. The van der Waals surface area contributed by atoms with Gasteiger partial charge in [0, 0.05) is 11.8 Å². The number of aryl methyl sites for hydroxylation is 1. The molecular weight excluding hydrogens is 230 g/mol. The van der Waals surface area contributed by atoms with Crippen LogP contribution in [-0.4, -0.2) is 16.1 Å². The van der Waals surface area contributed by atoms with Crippen LogP contribution in [0.5, 0.6) is 5.75 Å². The van der Waals surface area contributed by atoms with Gasteiger partial charge < -0.3 is 9.84 Å². The number of aromatic carboxylic acids is 1. The Hall–Kier alpha value is -2.36. The first kappa shape index (κ1) is 12.1. The van der Waals surface area contributed by atoms with Crippen molar-refractivity contribution in [3.05, 3.63) is 59.4 Å². The lowest BCUT2D eigenvalue weighted by atomic mass is 10.2. The second-order valence-corrected chi connectivity index (χ2v) is 3.96. The smallest absolute Gasteiger partial charge is 0.354 e. The number of carboxylic acids is 1. The van der Waals surface area contributed by atoms with E-state index in [0.29, 0.717) is 6.61 Å². The Morgan fingerprint density at radius 2 is 1.94 bits per heavy atom. The molecule has 0 unspecified atom stereocenters. The maximum atomic E-state index is 10.6. The lowest BCUT2D eigenvalue weighted by Crippen LogP contribution is -2.02. The van der Waals surface area contributed by atoms with Crippen molar-refractivity contribution in [3.8, 4) is 5.75 Å². The number of aromatic nitrogens is 1. The molecule has 0 fully saturated rings. The van der Waals surface area contributed by atoms with E-state index >= 15 is 0 Å². The molecule has 4 nitrogen and oxygen atoms in total. The molecule has 0 radical (unpaired) electrons. The third-order valence-corrected chi connectivity index (χ3v) is 2.47. The van der Waals surface area contributed by atoms with Crippen molar-refractivity contribution in [2.45, 2.75) is 13.5 Å². The summed E-state index contributed by atoms with van der Waals surface area (Å²) < 4.78 is 5.56. The number of ether oxygens (including phenoxy) is 1. The van der Waals surface area contributed by atoms with Crippen LogP contribution in [-0.2, 0) is 6.61 Å². The fraction of sp³-hybridized carbons (Fsp3) is 0.143. The van der Waals surface area contributed by atoms with Gasteiger partial charge in [0.2, 0.25) is 0 Å². The van der Waals surface area contributed by atoms with Gasteiger partial charge in [-0.1, -0.05) is 23.8 Å². The molecule has 4 heteroatoms. The van der Waals surface area contributed by atoms with Crippen LogP contribution in [0.3, 0.4) is 0 Å². The van der Waals surface area contributed by atoms with E-state index < -0.39 is 5.97 Å². The van der Waals surface area contributed by atoms with Gasteiger partial charge in [0.15, 0.2) is 0 Å². The molecule has 1 N–H and O–H groups in total. The van der Waals surface area contributed by atoms with Gasteiger partial charge in [-0.25, -0.2) is 9.78 Å². The quantitative estimate of drug-likeness (QED) is 0.896. The molecule has 0 aliphatic carbocycles. The van der Waals surface area contributed by atoms with Crippen LogP contribution in [0.2, 0.25) is 0 Å². The van der Waals surface area contributed by atoms with Crippen LogP contribution in [0, 0.1) is 6.92 Å². The average Bonchev–Trinajstić information content (AvgIpc) is 2.38. The van der Waals surface area contributed by atoms with Gasteiger partial charge >= 0.3 is 5.97 Å². The molecule has 0 spiro atoms. The van der Waals surface area contributed by atoms with E-state index in [1.54, 1.807) is 6.07 Å². The van der Waals surface area contributed by atoms with Crippen LogP contribution in [0.1, 0.15) is 21.6 Å². The predicted octanol–water partition coefficient (Wildman–Crippen LogP) is 2.67. The molecule has 0 bridgehead atoms. The number of pyridine rings is 1. The van der Waals surface area contributed by atoms with Crippen LogP contribution in [0.25, 0.3) is 0 Å². The second-order valence-electron chi connectivity index (χ2n) is 3.96. The molecule has 0 aliphatic rings. The molecule has 0 amide bonds. The molecule has 2 aromatic rings. The van der Waals surface area contributed by atoms with Crippen molar-refractivity contribution < 1.29 is 14.6 Å². The Bertz CT molecular complexity index is 532. The van der Waals surface area contributed by atoms with Crippen molar-refractivity contribution in [1.29, 1.82) is 0 Å². The molecule has 1 aromatic carbocycles. The molecule has 0 aliphatic heterocycles. The summed E-state index contributed by atoms with van der Waals surface area (Å²) in [7, 11) is 0. The SMILES string of the molecule is Cc1ccc(OCc2ccc(C(=O)O)nc2)cc1. The van der Waals surface area contributed by atoms with E-state index in [-0.39, 0.29) is 5.69 Å². The first-order valence-electron chi connectivity index (χ1n) is 5.53. The van der Waals surface area contributed by atoms with Crippen LogP contribution >= 0.6 is 0 Å². The maximum absolute atomic E-state index is 10.6. The molecule has 1 heterocycles. The highest BCUT2D eigenvalue weighted by molar-refractivity contribution is 5.85. The Morgan fingerprint density at radius 1 is 1.22 bits per heavy atom. The van der Waals surface area contributed by atoms with E-state index in [1.807, 2.05) is 31.2 Å². The van der Waals surface area contributed by atoms with Crippen molar-refractivity contribution in [2.24, 2.45) is 0 Å². The minimum atomic E-state index is -1.03. The monoisotopic (exact) mass is 243 g/mol. The van der Waals surface area contributed by atoms with Crippen LogP contribution in [0.15, 0.2) is 42.6 Å². The van der Waals surface area contributed by atoms with Gasteiger partial charge in [-0.3, -0.25) is 0 Å². The third-order valence-electron chi connectivity index (χ3n) is 2.47. The fourth-order valence-electron chi connectivity index (χ4n) is 1.44. The summed E-state index contributed by atoms with van der Waals surface area (Å²) in [6.07, 6.45) is 1.51. The number of rotatable bonds is 4. The second kappa shape index (κ2) is 5.31. The molecule has 1 aromatic heterocycles. The Balaban J connectivity index is 1.97. The van der Waals surface area contributed by atoms with Crippen molar-refractivity contribution in [1.82, 2.24) is 4.98 Å². The number of nitrogens with zero attached hydrogens (tertiary/aromatic N) is 1. The highest BCUT2D eigenvalue weighted by atomic mass is 16.5. The highest BCUT2D eigenvalue weighted by Crippen LogP contribution is 2.13. The largest absolute Gasteiger partial charge is 0.489 e. The van der Waals surface area contributed by atoms with Gasteiger partial charge in [0.05, 0.1) is 0 Å². The van der Waals surface area contributed by atoms with Crippen LogP contribution < -0.4 is 4.74 Å². The zero-order valence-corrected chi connectivity index (χ0v) is 9.96. The lowest BCUT2D eigenvalue weighted by molar-refractivity contribution is 0.0690. The van der Waals surface area contributed by atoms with E-state index in [2.05, 4.69) is 4.98 Å². The van der Waals surface area contributed by atoms with Gasteiger partial charge in [-0.15, -0.1) is 0 Å². The number of hydrogen-bond acceptors (Lipinski definition) is 3. The van der Waals surface area contributed by atoms with E-state index in [1.165, 1.54) is 17.8 Å². The molecule has 0 saturated heterocycles. The number of carbonyl (C=O) groups is 1. The van der Waals surface area contributed by atoms with Gasteiger partial charge in [-0.2, -0.15) is 0 Å². The van der Waals surface area contributed by atoms with E-state index in [4.69, 9.17) is 9.84 Å². The maximum Gasteiger partial charge on any atom is 0.354 e. The number of carboxylic acid groups (broad SMARTS) is 1. The number of hydrogen-bond donors (Lipinski definition) is 1. The predicted molar refractivity (Wildman–Crippen MR) is 66.7 cm³/mol. The molecule has 2 rings (SSSR count). The Kier molecular flexibility index (Phi) is 3.57. The molecule has 0 atom stereocenters. The third kappa shape index (κ3) is 3.07. The Labute approximate surface area is 105 Å². The topological polar surface area (TPSA) is 59.4 Å². The summed E-state index contributed by atoms with van der Waals surface area (Å²) in [5, 5.41) is 8.72. The standard InChI is InChI=1S/C14H13NO3/c1-10-2-5-12(6-3-10)18-9-11-4-7-13(14(16)17)15-8-11/h2-8H,9H2,1H3,(H,16,17). The zero-order chi connectivity index (χ0) is 13.0. The molecular formula is C14H13NO3. The first-order valence-corrected chi connectivity index (χ1v) is 5.53. The van der Waals surface area contributed by atoms with Crippen LogP contribution in [0.4, 0.5) is 0 Å². The van der Waals surface area contributed by atoms with E-state index in [9.17, 15) is 4.79 Å². The van der Waals surface area contributed by atoms with Crippen molar-refractivity contribution >= 4 is 5.97 Å². The van der Waals surface area contributed by atoms with Crippen molar-refractivity contribution in [2.75, 3.05) is 0 Å². The van der Waals surface area contributed by atoms with Gasteiger partial charge in [0.25, 0.3) is 0 Å². The minimum absolute atomic E-state index is 0.0362. The average molecular weight is 243 g/mol. The summed E-state index contributed by atoms with van der Waals surface area (Å²) in [6.45, 7) is 2.38.